The zero-order chi connectivity index (χ0) is 34.4. The maximum Gasteiger partial charge on any atom is 0.328 e. The van der Waals surface area contributed by atoms with Gasteiger partial charge in [0, 0.05) is 30.8 Å². The minimum Gasteiger partial charge on any atom is -0.497 e. The van der Waals surface area contributed by atoms with E-state index >= 15 is 0 Å². The zero-order valence-electron chi connectivity index (χ0n) is 27.2. The largest absolute Gasteiger partial charge is 0.497 e. The average molecular weight is 643 g/mol. The van der Waals surface area contributed by atoms with Crippen molar-refractivity contribution in [1.29, 1.82) is 0 Å². The van der Waals surface area contributed by atoms with E-state index in [4.69, 9.17) is 9.47 Å². The van der Waals surface area contributed by atoms with Crippen molar-refractivity contribution >= 4 is 41.2 Å². The number of urea groups is 1. The third-order valence-electron chi connectivity index (χ3n) is 6.72. The van der Waals surface area contributed by atoms with Gasteiger partial charge in [-0.1, -0.05) is 46.8 Å². The van der Waals surface area contributed by atoms with Crippen molar-refractivity contribution in [3.8, 4) is 5.75 Å². The van der Waals surface area contributed by atoms with E-state index in [9.17, 15) is 34.2 Å². The van der Waals surface area contributed by atoms with Gasteiger partial charge in [-0.15, -0.1) is 0 Å². The molecule has 0 bridgehead atoms. The van der Waals surface area contributed by atoms with Crippen LogP contribution in [0.2, 0.25) is 0 Å². The van der Waals surface area contributed by atoms with E-state index in [1.54, 1.807) is 55.6 Å². The first-order valence-corrected chi connectivity index (χ1v) is 15.0. The molecule has 0 spiro atoms. The van der Waals surface area contributed by atoms with Crippen LogP contribution in [0.3, 0.4) is 0 Å². The first-order valence-electron chi connectivity index (χ1n) is 15.0. The zero-order valence-corrected chi connectivity index (χ0v) is 27.2. The number of carboxylic acid groups (broad SMARTS) is 2. The molecule has 0 heterocycles. The molecule has 2 aromatic rings. The summed E-state index contributed by atoms with van der Waals surface area (Å²) >= 11 is 0. The van der Waals surface area contributed by atoms with Crippen LogP contribution in [0.5, 0.6) is 5.75 Å². The molecule has 2 aromatic carbocycles. The molecule has 0 saturated heterocycles. The predicted molar refractivity (Wildman–Crippen MR) is 173 cm³/mol. The van der Waals surface area contributed by atoms with Gasteiger partial charge < -0.3 is 41.0 Å². The summed E-state index contributed by atoms with van der Waals surface area (Å²) in [5.41, 5.74) is 1.38. The van der Waals surface area contributed by atoms with Crippen LogP contribution in [-0.2, 0) is 23.9 Å². The van der Waals surface area contributed by atoms with Crippen molar-refractivity contribution in [1.82, 2.24) is 10.6 Å². The molecular weight excluding hydrogens is 596 g/mol. The molecule has 13 nitrogen and oxygen atoms in total. The number of hydrogen-bond donors (Lipinski definition) is 6. The normalized spacial score (nSPS) is 13.2. The first-order chi connectivity index (χ1) is 21.6. The Morgan fingerprint density at radius 3 is 1.83 bits per heavy atom. The van der Waals surface area contributed by atoms with Gasteiger partial charge in [0.05, 0.1) is 19.6 Å². The van der Waals surface area contributed by atoms with Gasteiger partial charge in [0.25, 0.3) is 0 Å². The molecule has 2 rings (SSSR count). The quantitative estimate of drug-likeness (QED) is 0.135. The van der Waals surface area contributed by atoms with Gasteiger partial charge in [-0.25, -0.2) is 14.4 Å². The lowest BCUT2D eigenvalue weighted by Crippen LogP contribution is -2.46. The lowest BCUT2D eigenvalue weighted by atomic mass is 9.89. The number of carbonyl (C=O) groups excluding carboxylic acids is 3. The molecule has 6 N–H and O–H groups in total. The molecule has 46 heavy (non-hydrogen) atoms. The molecule has 0 aromatic heterocycles. The number of hydrogen-bond acceptors (Lipinski definition) is 7. The monoisotopic (exact) mass is 642 g/mol. The van der Waals surface area contributed by atoms with Crippen molar-refractivity contribution < 1.29 is 43.7 Å². The number of methoxy groups -OCH3 is 1. The van der Waals surface area contributed by atoms with Crippen LogP contribution in [0.15, 0.2) is 48.5 Å². The molecule has 252 valence electrons. The Morgan fingerprint density at radius 1 is 0.804 bits per heavy atom. The Labute approximate surface area is 269 Å². The topological polar surface area (TPSA) is 192 Å². The van der Waals surface area contributed by atoms with Gasteiger partial charge >= 0.3 is 18.0 Å². The third-order valence-corrected chi connectivity index (χ3v) is 6.72. The second kappa shape index (κ2) is 17.7. The number of benzene rings is 2. The number of ether oxygens (including phenoxy) is 2. The molecule has 3 atom stereocenters. The molecule has 13 heteroatoms. The Morgan fingerprint density at radius 2 is 1.35 bits per heavy atom. The maximum absolute atomic E-state index is 13.3. The van der Waals surface area contributed by atoms with Crippen LogP contribution < -0.4 is 26.0 Å². The Bertz CT molecular complexity index is 1320. The fraction of sp³-hybridized carbons (Fsp3) is 0.485. The van der Waals surface area contributed by atoms with Crippen LogP contribution in [0, 0.1) is 11.3 Å². The van der Waals surface area contributed by atoms with Crippen molar-refractivity contribution in [2.75, 3.05) is 31.0 Å². The highest BCUT2D eigenvalue weighted by atomic mass is 16.5. The molecule has 0 aliphatic heterocycles. The highest BCUT2D eigenvalue weighted by molar-refractivity contribution is 5.99. The lowest BCUT2D eigenvalue weighted by molar-refractivity contribution is -0.145. The Hall–Kier alpha value is -4.65. The van der Waals surface area contributed by atoms with E-state index in [-0.39, 0.29) is 37.4 Å². The fourth-order valence-electron chi connectivity index (χ4n) is 4.47. The summed E-state index contributed by atoms with van der Waals surface area (Å²) in [6, 6.07) is 10.5. The van der Waals surface area contributed by atoms with E-state index in [1.165, 1.54) is 0 Å². The summed E-state index contributed by atoms with van der Waals surface area (Å²) in [6.07, 6.45) is 0.443. The Kier molecular flexibility index (Phi) is 14.5. The number of nitrogens with one attached hydrogen (secondary N) is 4. The second-order valence-electron chi connectivity index (χ2n) is 12.6. The summed E-state index contributed by atoms with van der Waals surface area (Å²) in [7, 11) is 1.55. The van der Waals surface area contributed by atoms with E-state index in [0.29, 0.717) is 29.1 Å². The summed E-state index contributed by atoms with van der Waals surface area (Å²) < 4.78 is 10.5. The molecule has 0 aliphatic carbocycles. The van der Waals surface area contributed by atoms with E-state index < -0.39 is 47.8 Å². The van der Waals surface area contributed by atoms with Crippen LogP contribution in [0.1, 0.15) is 65.4 Å². The standard InChI is InChI=1S/C33H46N4O9/c1-20(2)17-25(21-7-9-22(10-8-21)34-32(44)35-23-11-13-24(45-6)14-12-23)29(39)37-26(30(40)41)15-16-46-19-27(31(42)43)36-28(38)18-33(3,4)5/h7-14,20,25-27H,15-19H2,1-6H3,(H,36,38)(H,37,39)(H,40,41)(H,42,43)(H2,34,35,44). The van der Waals surface area contributed by atoms with Gasteiger partial charge in [0.2, 0.25) is 11.8 Å². The van der Waals surface area contributed by atoms with E-state index in [0.717, 1.165) is 0 Å². The van der Waals surface area contributed by atoms with Gasteiger partial charge in [0.1, 0.15) is 11.8 Å². The first kappa shape index (κ1) is 37.5. The second-order valence-corrected chi connectivity index (χ2v) is 12.6. The van der Waals surface area contributed by atoms with Crippen LogP contribution >= 0.6 is 0 Å². The highest BCUT2D eigenvalue weighted by Crippen LogP contribution is 2.26. The molecular formula is C33H46N4O9. The SMILES string of the molecule is COc1ccc(NC(=O)Nc2ccc(C(CC(C)C)C(=O)NC(CCOCC(NC(=O)CC(C)(C)C)C(=O)O)C(=O)O)cc2)cc1. The average Bonchev–Trinajstić information content (AvgIpc) is 2.96. The van der Waals surface area contributed by atoms with Crippen LogP contribution in [0.4, 0.5) is 16.2 Å². The smallest absolute Gasteiger partial charge is 0.328 e. The number of aliphatic carboxylic acids is 2. The summed E-state index contributed by atoms with van der Waals surface area (Å²) in [4.78, 5) is 61.5. The summed E-state index contributed by atoms with van der Waals surface area (Å²) in [5.74, 6) is -3.37. The summed E-state index contributed by atoms with van der Waals surface area (Å²) in [5, 5.41) is 29.6. The van der Waals surface area contributed by atoms with Crippen molar-refractivity contribution in [2.45, 2.75) is 71.9 Å². The number of carboxylic acids is 2. The fourth-order valence-corrected chi connectivity index (χ4v) is 4.47. The summed E-state index contributed by atoms with van der Waals surface area (Å²) in [6.45, 7) is 8.92. The van der Waals surface area contributed by atoms with Gasteiger partial charge in [-0.3, -0.25) is 9.59 Å². The van der Waals surface area contributed by atoms with Crippen LogP contribution in [-0.4, -0.2) is 72.4 Å². The third kappa shape index (κ3) is 13.6. The minimum atomic E-state index is -1.30. The highest BCUT2D eigenvalue weighted by Gasteiger charge is 2.28. The number of amides is 4. The van der Waals surface area contributed by atoms with Gasteiger partial charge in [-0.05, 0) is 59.7 Å². The number of rotatable bonds is 17. The molecule has 0 fully saturated rings. The van der Waals surface area contributed by atoms with Gasteiger partial charge in [-0.2, -0.15) is 0 Å². The van der Waals surface area contributed by atoms with Crippen molar-refractivity contribution in [2.24, 2.45) is 11.3 Å². The number of anilines is 2. The van der Waals surface area contributed by atoms with Crippen LogP contribution in [0.25, 0.3) is 0 Å². The molecule has 0 saturated carbocycles. The van der Waals surface area contributed by atoms with Crippen molar-refractivity contribution in [3.05, 3.63) is 54.1 Å². The number of carbonyl (C=O) groups is 5. The molecule has 0 radical (unpaired) electrons. The Balaban J connectivity index is 1.98. The maximum atomic E-state index is 13.3. The van der Waals surface area contributed by atoms with E-state index in [2.05, 4.69) is 21.3 Å². The van der Waals surface area contributed by atoms with E-state index in [1.807, 2.05) is 34.6 Å². The van der Waals surface area contributed by atoms with Gasteiger partial charge in [0.15, 0.2) is 6.04 Å². The lowest BCUT2D eigenvalue weighted by Gasteiger charge is -2.23. The molecule has 3 unspecified atom stereocenters. The van der Waals surface area contributed by atoms with Crippen molar-refractivity contribution in [3.63, 3.8) is 0 Å². The molecule has 4 amide bonds. The molecule has 0 aliphatic rings. The minimum absolute atomic E-state index is 0.108. The predicted octanol–water partition coefficient (Wildman–Crippen LogP) is 4.45.